The molecule has 124 valence electrons. The van der Waals surface area contributed by atoms with Gasteiger partial charge in [-0.25, -0.2) is 0 Å². The van der Waals surface area contributed by atoms with Crippen molar-refractivity contribution in [2.24, 2.45) is 5.92 Å². The molecular weight excluding hydrogens is 322 g/mol. The summed E-state index contributed by atoms with van der Waals surface area (Å²) in [5, 5.41) is 11.8. The summed E-state index contributed by atoms with van der Waals surface area (Å²) in [4.78, 5) is 25.4. The number of benzene rings is 1. The average Bonchev–Trinajstić information content (AvgIpc) is 3.02. The standard InChI is InChI=1S/C18H19N3O2S/c1-4-11(2)13-5-7-14(8-6-13)20-18(23)15(10-19)17(22)16-9-12(3)24-21-16/h5-9,11,15H,4H2,1-3H3,(H,20,23)/t11-,15-/m0/s1. The van der Waals surface area contributed by atoms with Gasteiger partial charge in [-0.15, -0.1) is 0 Å². The van der Waals surface area contributed by atoms with E-state index in [4.69, 9.17) is 0 Å². The number of ketones is 1. The Kier molecular flexibility index (Phi) is 5.83. The third kappa shape index (κ3) is 4.06. The summed E-state index contributed by atoms with van der Waals surface area (Å²) in [6, 6.07) is 10.8. The Morgan fingerprint density at radius 3 is 2.50 bits per heavy atom. The van der Waals surface area contributed by atoms with Crippen LogP contribution in [0.3, 0.4) is 0 Å². The molecule has 0 aliphatic rings. The minimum Gasteiger partial charge on any atom is -0.325 e. The number of carbonyl (C=O) groups excluding carboxylic acids is 2. The minimum absolute atomic E-state index is 0.159. The van der Waals surface area contributed by atoms with Crippen LogP contribution in [0.2, 0.25) is 0 Å². The zero-order chi connectivity index (χ0) is 17.7. The van der Waals surface area contributed by atoms with Gasteiger partial charge in [-0.05, 0) is 54.6 Å². The molecule has 2 rings (SSSR count). The van der Waals surface area contributed by atoms with E-state index in [1.165, 1.54) is 17.1 Å². The van der Waals surface area contributed by atoms with Crippen molar-refractivity contribution in [3.63, 3.8) is 0 Å². The zero-order valence-corrected chi connectivity index (χ0v) is 14.7. The smallest absolute Gasteiger partial charge is 0.249 e. The summed E-state index contributed by atoms with van der Waals surface area (Å²) in [6.45, 7) is 6.06. The summed E-state index contributed by atoms with van der Waals surface area (Å²) >= 11 is 1.17. The quantitative estimate of drug-likeness (QED) is 0.637. The van der Waals surface area contributed by atoms with Gasteiger partial charge in [-0.2, -0.15) is 9.64 Å². The number of hydrogen-bond donors (Lipinski definition) is 1. The molecule has 5 nitrogen and oxygen atoms in total. The lowest BCUT2D eigenvalue weighted by atomic mass is 9.98. The van der Waals surface area contributed by atoms with Crippen LogP contribution < -0.4 is 5.32 Å². The highest BCUT2D eigenvalue weighted by atomic mass is 32.1. The van der Waals surface area contributed by atoms with Crippen molar-refractivity contribution in [2.75, 3.05) is 5.32 Å². The molecule has 0 unspecified atom stereocenters. The summed E-state index contributed by atoms with van der Waals surface area (Å²) in [7, 11) is 0. The second-order valence-electron chi connectivity index (χ2n) is 5.67. The van der Waals surface area contributed by atoms with E-state index in [0.717, 1.165) is 11.3 Å². The van der Waals surface area contributed by atoms with Crippen LogP contribution in [0.25, 0.3) is 0 Å². The lowest BCUT2D eigenvalue weighted by molar-refractivity contribution is -0.117. The van der Waals surface area contributed by atoms with Crippen LogP contribution in [0.15, 0.2) is 30.3 Å². The van der Waals surface area contributed by atoms with Gasteiger partial charge in [0, 0.05) is 10.6 Å². The summed E-state index contributed by atoms with van der Waals surface area (Å²) < 4.78 is 3.98. The SMILES string of the molecule is CC[C@H](C)c1ccc(NC(=O)[C@@H](C#N)C(=O)c2cc(C)sn2)cc1. The molecule has 2 atom stereocenters. The predicted molar refractivity (Wildman–Crippen MR) is 94.1 cm³/mol. The molecule has 0 aliphatic heterocycles. The molecule has 1 amide bonds. The number of aromatic nitrogens is 1. The van der Waals surface area contributed by atoms with Crippen molar-refractivity contribution >= 4 is 28.9 Å². The Bertz CT molecular complexity index is 774. The lowest BCUT2D eigenvalue weighted by Crippen LogP contribution is -2.28. The highest BCUT2D eigenvalue weighted by Crippen LogP contribution is 2.21. The number of nitrogens with one attached hydrogen (secondary N) is 1. The normalized spacial score (nSPS) is 12.9. The Labute approximate surface area is 145 Å². The summed E-state index contributed by atoms with van der Waals surface area (Å²) in [5.41, 5.74) is 1.90. The first kappa shape index (κ1) is 17.8. The maximum Gasteiger partial charge on any atom is 0.249 e. The maximum atomic E-state index is 12.3. The number of hydrogen-bond acceptors (Lipinski definition) is 5. The van der Waals surface area contributed by atoms with Gasteiger partial charge in [0.15, 0.2) is 5.92 Å². The number of amides is 1. The van der Waals surface area contributed by atoms with E-state index in [2.05, 4.69) is 23.5 Å². The van der Waals surface area contributed by atoms with Crippen molar-refractivity contribution in [1.29, 1.82) is 5.26 Å². The molecule has 1 heterocycles. The molecule has 24 heavy (non-hydrogen) atoms. The molecule has 6 heteroatoms. The van der Waals surface area contributed by atoms with Crippen LogP contribution in [0.5, 0.6) is 0 Å². The fraction of sp³-hybridized carbons (Fsp3) is 0.333. The molecule has 0 spiro atoms. The van der Waals surface area contributed by atoms with E-state index in [1.807, 2.05) is 19.1 Å². The molecule has 0 saturated heterocycles. The second-order valence-corrected chi connectivity index (χ2v) is 6.68. The molecule has 0 aliphatic carbocycles. The average molecular weight is 341 g/mol. The van der Waals surface area contributed by atoms with Crippen LogP contribution in [0.4, 0.5) is 5.69 Å². The van der Waals surface area contributed by atoms with E-state index in [0.29, 0.717) is 11.6 Å². The number of nitrogens with zero attached hydrogens (tertiary/aromatic N) is 2. The first-order valence-electron chi connectivity index (χ1n) is 7.74. The third-order valence-electron chi connectivity index (χ3n) is 3.89. The first-order chi connectivity index (χ1) is 11.5. The molecular formula is C18H19N3O2S. The predicted octanol–water partition coefficient (Wildman–Crippen LogP) is 3.93. The molecule has 0 bridgehead atoms. The van der Waals surface area contributed by atoms with E-state index in [1.54, 1.807) is 24.3 Å². The Balaban J connectivity index is 2.09. The molecule has 0 radical (unpaired) electrons. The van der Waals surface area contributed by atoms with Gasteiger partial charge >= 0.3 is 0 Å². The van der Waals surface area contributed by atoms with E-state index < -0.39 is 17.6 Å². The lowest BCUT2D eigenvalue weighted by Gasteiger charge is -2.11. The van der Waals surface area contributed by atoms with Crippen molar-refractivity contribution in [2.45, 2.75) is 33.1 Å². The number of rotatable bonds is 6. The van der Waals surface area contributed by atoms with Gasteiger partial charge < -0.3 is 5.32 Å². The number of aryl methyl sites for hydroxylation is 1. The Morgan fingerprint density at radius 1 is 1.33 bits per heavy atom. The summed E-state index contributed by atoms with van der Waals surface area (Å²) in [5.74, 6) is -2.17. The van der Waals surface area contributed by atoms with Crippen molar-refractivity contribution in [1.82, 2.24) is 4.37 Å². The largest absolute Gasteiger partial charge is 0.325 e. The van der Waals surface area contributed by atoms with Gasteiger partial charge in [0.25, 0.3) is 0 Å². The van der Waals surface area contributed by atoms with Gasteiger partial charge in [0.2, 0.25) is 11.7 Å². The first-order valence-corrected chi connectivity index (χ1v) is 8.51. The van der Waals surface area contributed by atoms with Crippen LogP contribution >= 0.6 is 11.5 Å². The van der Waals surface area contributed by atoms with Gasteiger partial charge in [0.1, 0.15) is 5.69 Å². The molecule has 2 aromatic rings. The molecule has 1 N–H and O–H groups in total. The van der Waals surface area contributed by atoms with Crippen LogP contribution in [-0.2, 0) is 4.79 Å². The van der Waals surface area contributed by atoms with Crippen LogP contribution in [0.1, 0.15) is 47.1 Å². The molecule has 1 aromatic carbocycles. The highest BCUT2D eigenvalue weighted by molar-refractivity contribution is 7.05. The second kappa shape index (κ2) is 7.84. The topological polar surface area (TPSA) is 82.9 Å². The van der Waals surface area contributed by atoms with E-state index >= 15 is 0 Å². The third-order valence-corrected chi connectivity index (χ3v) is 4.59. The number of anilines is 1. The van der Waals surface area contributed by atoms with Crippen LogP contribution in [-0.4, -0.2) is 16.1 Å². The monoisotopic (exact) mass is 341 g/mol. The molecule has 0 saturated carbocycles. The fourth-order valence-corrected chi connectivity index (χ4v) is 2.76. The van der Waals surface area contributed by atoms with Gasteiger partial charge in [-0.3, -0.25) is 9.59 Å². The Morgan fingerprint density at radius 2 is 2.00 bits per heavy atom. The number of Topliss-reactive ketones (excluding diaryl/α,β-unsaturated/α-hetero) is 1. The van der Waals surface area contributed by atoms with Gasteiger partial charge in [0.05, 0.1) is 6.07 Å². The highest BCUT2D eigenvalue weighted by Gasteiger charge is 2.29. The van der Waals surface area contributed by atoms with Gasteiger partial charge in [-0.1, -0.05) is 26.0 Å². The van der Waals surface area contributed by atoms with E-state index in [9.17, 15) is 14.9 Å². The van der Waals surface area contributed by atoms with Crippen LogP contribution in [0, 0.1) is 24.2 Å². The van der Waals surface area contributed by atoms with Crippen molar-refractivity contribution < 1.29 is 9.59 Å². The zero-order valence-electron chi connectivity index (χ0n) is 13.9. The number of nitriles is 1. The minimum atomic E-state index is -1.40. The maximum absolute atomic E-state index is 12.3. The Hall–Kier alpha value is -2.52. The summed E-state index contributed by atoms with van der Waals surface area (Å²) in [6.07, 6.45) is 1.03. The molecule has 1 aromatic heterocycles. The van der Waals surface area contributed by atoms with Crippen molar-refractivity contribution in [3.8, 4) is 6.07 Å². The molecule has 0 fully saturated rings. The van der Waals surface area contributed by atoms with Crippen molar-refractivity contribution in [3.05, 3.63) is 46.5 Å². The fourth-order valence-electron chi connectivity index (χ4n) is 2.21. The van der Waals surface area contributed by atoms with E-state index in [-0.39, 0.29) is 5.69 Å². The number of carbonyl (C=O) groups is 2.